The van der Waals surface area contributed by atoms with Crippen molar-refractivity contribution in [3.63, 3.8) is 0 Å². The van der Waals surface area contributed by atoms with Crippen molar-refractivity contribution in [3.8, 4) is 5.75 Å². The number of hydrogen-bond acceptors (Lipinski definition) is 4. The van der Waals surface area contributed by atoms with E-state index in [1.807, 2.05) is 0 Å². The van der Waals surface area contributed by atoms with Gasteiger partial charge >= 0.3 is 5.82 Å². The van der Waals surface area contributed by atoms with Crippen molar-refractivity contribution in [2.75, 3.05) is 0 Å². The van der Waals surface area contributed by atoms with Crippen LogP contribution in [0.4, 0.5) is 5.82 Å². The van der Waals surface area contributed by atoms with E-state index in [1.54, 1.807) is 0 Å². The predicted octanol–water partition coefficient (Wildman–Crippen LogP) is 1.35. The number of pyridine rings is 1. The summed E-state index contributed by atoms with van der Waals surface area (Å²) in [5, 5.41) is 19.0. The third-order valence-electron chi connectivity index (χ3n) is 1.03. The first-order valence-electron chi connectivity index (χ1n) is 2.61. The molecule has 0 saturated carbocycles. The van der Waals surface area contributed by atoms with Gasteiger partial charge in [-0.05, 0) is 9.91 Å². The molecule has 0 atom stereocenters. The topological polar surface area (TPSA) is 76.3 Å². The highest BCUT2D eigenvalue weighted by molar-refractivity contribution is 6.32. The lowest BCUT2D eigenvalue weighted by atomic mass is 10.4. The predicted molar refractivity (Wildman–Crippen MR) is 37.6 cm³/mol. The normalized spacial score (nSPS) is 9.55. The van der Waals surface area contributed by atoms with Crippen LogP contribution in [0.3, 0.4) is 0 Å². The molecule has 0 bridgehead atoms. The Hall–Kier alpha value is -1.36. The third-order valence-corrected chi connectivity index (χ3v) is 1.33. The summed E-state index contributed by atoms with van der Waals surface area (Å²) < 4.78 is 0. The van der Waals surface area contributed by atoms with Crippen molar-refractivity contribution in [2.24, 2.45) is 0 Å². The Labute approximate surface area is 66.4 Å². The maximum atomic E-state index is 10.1. The molecule has 0 fully saturated rings. The van der Waals surface area contributed by atoms with Crippen LogP contribution in [-0.2, 0) is 0 Å². The highest BCUT2D eigenvalue weighted by atomic mass is 35.5. The fourth-order valence-electron chi connectivity index (χ4n) is 0.554. The molecule has 1 aromatic heterocycles. The quantitative estimate of drug-likeness (QED) is 0.515. The number of rotatable bonds is 1. The fraction of sp³-hybridized carbons (Fsp3) is 0. The summed E-state index contributed by atoms with van der Waals surface area (Å²) in [6, 6.07) is 1.27. The summed E-state index contributed by atoms with van der Waals surface area (Å²) in [5.41, 5.74) is 0. The first-order chi connectivity index (χ1) is 5.13. The second kappa shape index (κ2) is 2.71. The lowest BCUT2D eigenvalue weighted by Gasteiger charge is -1.95. The van der Waals surface area contributed by atoms with Gasteiger partial charge in [0, 0.05) is 6.07 Å². The first kappa shape index (κ1) is 7.74. The van der Waals surface area contributed by atoms with Crippen molar-refractivity contribution in [1.29, 1.82) is 0 Å². The van der Waals surface area contributed by atoms with E-state index in [4.69, 9.17) is 16.7 Å². The highest BCUT2D eigenvalue weighted by Crippen LogP contribution is 2.29. The standard InChI is InChI=1S/C5H3ClN2O3/c6-3-1-2-7-5(4(3)9)8(10)11/h1-2,9H. The number of halogens is 1. The van der Waals surface area contributed by atoms with Gasteiger partial charge in [-0.3, -0.25) is 0 Å². The van der Waals surface area contributed by atoms with Crippen molar-refractivity contribution >= 4 is 17.4 Å². The summed E-state index contributed by atoms with van der Waals surface area (Å²) in [4.78, 5) is 12.6. The van der Waals surface area contributed by atoms with Gasteiger partial charge in [-0.25, -0.2) is 0 Å². The van der Waals surface area contributed by atoms with Crippen LogP contribution in [0.25, 0.3) is 0 Å². The van der Waals surface area contributed by atoms with Crippen LogP contribution in [0.2, 0.25) is 5.02 Å². The van der Waals surface area contributed by atoms with E-state index in [2.05, 4.69) is 4.98 Å². The maximum absolute atomic E-state index is 10.1. The molecule has 0 aliphatic rings. The maximum Gasteiger partial charge on any atom is 0.407 e. The summed E-state index contributed by atoms with van der Waals surface area (Å²) in [5.74, 6) is -1.23. The lowest BCUT2D eigenvalue weighted by molar-refractivity contribution is -0.390. The second-order valence-corrected chi connectivity index (χ2v) is 2.13. The van der Waals surface area contributed by atoms with Gasteiger partial charge in [0.1, 0.15) is 6.20 Å². The molecule has 1 N–H and O–H groups in total. The number of nitro groups is 1. The average Bonchev–Trinajstić information content (AvgIpc) is 1.94. The minimum absolute atomic E-state index is 0.0771. The van der Waals surface area contributed by atoms with Gasteiger partial charge in [-0.1, -0.05) is 11.6 Å². The van der Waals surface area contributed by atoms with E-state index < -0.39 is 16.5 Å². The zero-order valence-corrected chi connectivity index (χ0v) is 5.95. The molecule has 0 aliphatic heterocycles. The van der Waals surface area contributed by atoms with Crippen LogP contribution in [-0.4, -0.2) is 15.0 Å². The first-order valence-corrected chi connectivity index (χ1v) is 2.98. The number of hydrogen-bond donors (Lipinski definition) is 1. The summed E-state index contributed by atoms with van der Waals surface area (Å²) in [6.45, 7) is 0. The van der Waals surface area contributed by atoms with Crippen LogP contribution in [0.5, 0.6) is 5.75 Å². The van der Waals surface area contributed by atoms with Gasteiger partial charge in [0.2, 0.25) is 5.75 Å². The average molecular weight is 175 g/mol. The molecule has 0 radical (unpaired) electrons. The molecular formula is C5H3ClN2O3. The Balaban J connectivity index is 3.27. The Morgan fingerprint density at radius 1 is 1.73 bits per heavy atom. The van der Waals surface area contributed by atoms with Gasteiger partial charge in [0.15, 0.2) is 0 Å². The van der Waals surface area contributed by atoms with Crippen LogP contribution >= 0.6 is 11.6 Å². The molecule has 5 nitrogen and oxygen atoms in total. The van der Waals surface area contributed by atoms with E-state index >= 15 is 0 Å². The van der Waals surface area contributed by atoms with Crippen LogP contribution in [0, 0.1) is 10.1 Å². The van der Waals surface area contributed by atoms with Gasteiger partial charge < -0.3 is 15.2 Å². The van der Waals surface area contributed by atoms with Crippen molar-refractivity contribution in [1.82, 2.24) is 4.98 Å². The van der Waals surface area contributed by atoms with Gasteiger partial charge in [-0.2, -0.15) is 0 Å². The van der Waals surface area contributed by atoms with E-state index in [0.717, 1.165) is 6.20 Å². The molecule has 58 valence electrons. The number of nitrogens with zero attached hydrogens (tertiary/aromatic N) is 2. The Morgan fingerprint density at radius 2 is 2.36 bits per heavy atom. The van der Waals surface area contributed by atoms with Crippen LogP contribution in [0.1, 0.15) is 0 Å². The summed E-state index contributed by atoms with van der Waals surface area (Å²) >= 11 is 5.36. The third kappa shape index (κ3) is 1.38. The largest absolute Gasteiger partial charge is 0.500 e. The second-order valence-electron chi connectivity index (χ2n) is 1.72. The number of aromatic hydroxyl groups is 1. The van der Waals surface area contributed by atoms with E-state index in [1.165, 1.54) is 6.07 Å². The van der Waals surface area contributed by atoms with Crippen LogP contribution in [0.15, 0.2) is 12.3 Å². The highest BCUT2D eigenvalue weighted by Gasteiger charge is 2.16. The lowest BCUT2D eigenvalue weighted by Crippen LogP contribution is -1.91. The fourth-order valence-corrected chi connectivity index (χ4v) is 0.695. The van der Waals surface area contributed by atoms with Crippen LogP contribution < -0.4 is 0 Å². The molecule has 0 aliphatic carbocycles. The Morgan fingerprint density at radius 3 is 2.82 bits per heavy atom. The summed E-state index contributed by atoms with van der Waals surface area (Å²) in [7, 11) is 0. The van der Waals surface area contributed by atoms with Gasteiger partial charge in [-0.15, -0.1) is 0 Å². The zero-order chi connectivity index (χ0) is 8.43. The molecule has 1 rings (SSSR count). The van der Waals surface area contributed by atoms with Gasteiger partial charge in [0.25, 0.3) is 0 Å². The minimum atomic E-state index is -0.804. The molecule has 0 saturated heterocycles. The Bertz CT molecular complexity index is 302. The van der Waals surface area contributed by atoms with E-state index in [0.29, 0.717) is 0 Å². The zero-order valence-electron chi connectivity index (χ0n) is 5.19. The van der Waals surface area contributed by atoms with Crippen molar-refractivity contribution < 1.29 is 10.0 Å². The van der Waals surface area contributed by atoms with Gasteiger partial charge in [0.05, 0.1) is 5.02 Å². The molecule has 0 aromatic carbocycles. The molecular weight excluding hydrogens is 172 g/mol. The Kier molecular flexibility index (Phi) is 1.91. The smallest absolute Gasteiger partial charge is 0.407 e. The molecule has 0 amide bonds. The van der Waals surface area contributed by atoms with Crippen molar-refractivity contribution in [2.45, 2.75) is 0 Å². The minimum Gasteiger partial charge on any atom is -0.500 e. The number of aromatic nitrogens is 1. The molecule has 6 heteroatoms. The van der Waals surface area contributed by atoms with Crippen molar-refractivity contribution in [3.05, 3.63) is 27.4 Å². The molecule has 1 heterocycles. The monoisotopic (exact) mass is 174 g/mol. The summed E-state index contributed by atoms with van der Waals surface area (Å²) in [6.07, 6.45) is 1.15. The molecule has 1 aromatic rings. The molecule has 0 spiro atoms. The SMILES string of the molecule is O=[N+]([O-])c1nccc(Cl)c1O. The molecule has 11 heavy (non-hydrogen) atoms. The molecule has 0 unspecified atom stereocenters. The van der Waals surface area contributed by atoms with E-state index in [9.17, 15) is 10.1 Å². The van der Waals surface area contributed by atoms with E-state index in [-0.39, 0.29) is 5.02 Å².